The highest BCUT2D eigenvalue weighted by molar-refractivity contribution is 6.01. The molecule has 24 heavy (non-hydrogen) atoms. The average Bonchev–Trinajstić information content (AvgIpc) is 2.83. The fraction of sp³-hybridized carbons (Fsp3) is 0.350. The normalized spacial score (nSPS) is 32.2. The van der Waals surface area contributed by atoms with Gasteiger partial charge in [-0.2, -0.15) is 0 Å². The Balaban J connectivity index is 1.76. The molecule has 0 unspecified atom stereocenters. The highest BCUT2D eigenvalue weighted by Crippen LogP contribution is 2.50. The molecule has 4 rings (SSSR count). The van der Waals surface area contributed by atoms with E-state index < -0.39 is 12.0 Å². The van der Waals surface area contributed by atoms with Crippen LogP contribution in [0.15, 0.2) is 60.7 Å². The number of fused-ring (bicyclic) bond motifs is 2. The third kappa shape index (κ3) is 2.18. The highest BCUT2D eigenvalue weighted by Gasteiger charge is 2.62. The Morgan fingerprint density at radius 1 is 1.12 bits per heavy atom. The highest BCUT2D eigenvalue weighted by atomic mass is 16.7. The van der Waals surface area contributed by atoms with E-state index in [0.717, 1.165) is 11.3 Å². The zero-order chi connectivity index (χ0) is 16.7. The molecule has 0 spiro atoms. The smallest absolute Gasteiger partial charge is 0.289 e. The van der Waals surface area contributed by atoms with Gasteiger partial charge in [-0.15, -0.1) is 0 Å². The van der Waals surface area contributed by atoms with E-state index in [2.05, 4.69) is 12.1 Å². The van der Waals surface area contributed by atoms with Gasteiger partial charge >= 0.3 is 0 Å². The van der Waals surface area contributed by atoms with Crippen LogP contribution in [0.5, 0.6) is 0 Å². The number of hydrogen-bond acceptors (Lipinski definition) is 3. The Kier molecular flexibility index (Phi) is 3.66. The van der Waals surface area contributed by atoms with Crippen LogP contribution < -0.4 is 4.90 Å². The molecule has 2 saturated heterocycles. The van der Waals surface area contributed by atoms with Gasteiger partial charge in [0.1, 0.15) is 6.23 Å². The zero-order valence-electron chi connectivity index (χ0n) is 13.6. The lowest BCUT2D eigenvalue weighted by molar-refractivity contribution is -0.243. The molecular formula is C20H21NO3. The third-order valence-corrected chi connectivity index (χ3v) is 5.27. The summed E-state index contributed by atoms with van der Waals surface area (Å²) in [6.07, 6.45) is 0.931. The molecule has 4 heteroatoms. The van der Waals surface area contributed by atoms with E-state index >= 15 is 0 Å². The second-order valence-electron chi connectivity index (χ2n) is 6.55. The van der Waals surface area contributed by atoms with Gasteiger partial charge in [-0.05, 0) is 30.0 Å². The van der Waals surface area contributed by atoms with Crippen molar-refractivity contribution in [2.75, 3.05) is 4.90 Å². The molecule has 4 atom stereocenters. The van der Waals surface area contributed by atoms with Gasteiger partial charge in [0.2, 0.25) is 0 Å². The number of nitrogens with zero attached hydrogens (tertiary/aromatic N) is 1. The van der Waals surface area contributed by atoms with Gasteiger partial charge in [-0.1, -0.05) is 55.5 Å². The van der Waals surface area contributed by atoms with Crippen LogP contribution in [0.1, 0.15) is 31.2 Å². The quantitative estimate of drug-likeness (QED) is 0.943. The van der Waals surface area contributed by atoms with Gasteiger partial charge < -0.3 is 9.84 Å². The predicted octanol–water partition coefficient (Wildman–Crippen LogP) is 3.28. The molecule has 2 fully saturated rings. The van der Waals surface area contributed by atoms with E-state index in [-0.39, 0.29) is 17.7 Å². The van der Waals surface area contributed by atoms with Crippen LogP contribution in [0.2, 0.25) is 0 Å². The molecule has 0 radical (unpaired) electrons. The second kappa shape index (κ2) is 5.72. The number of anilines is 1. The fourth-order valence-electron chi connectivity index (χ4n) is 4.17. The molecule has 2 aliphatic heterocycles. The number of aliphatic hydroxyl groups is 1. The fourth-order valence-corrected chi connectivity index (χ4v) is 4.17. The Morgan fingerprint density at radius 2 is 1.75 bits per heavy atom. The van der Waals surface area contributed by atoms with Gasteiger partial charge in [0.15, 0.2) is 0 Å². The van der Waals surface area contributed by atoms with Crippen LogP contribution in [0.3, 0.4) is 0 Å². The molecule has 2 aromatic rings. The standard InChI is InChI=1S/C20H21NO3/c1-2-17-16(14-9-5-3-6-10-14)13-18-21(15-11-7-4-8-12-15)19(22)20(17,23)24-18/h3-12,16-18,23H,2,13H2,1H3/t16-,17-,18-,20+/m0/s1. The van der Waals surface area contributed by atoms with E-state index in [1.165, 1.54) is 0 Å². The number of benzene rings is 2. The summed E-state index contributed by atoms with van der Waals surface area (Å²) in [7, 11) is 0. The van der Waals surface area contributed by atoms with Crippen LogP contribution in [0, 0.1) is 5.92 Å². The number of rotatable bonds is 3. The Labute approximate surface area is 141 Å². The van der Waals surface area contributed by atoms with E-state index in [0.29, 0.717) is 12.8 Å². The van der Waals surface area contributed by atoms with Crippen molar-refractivity contribution in [2.24, 2.45) is 5.92 Å². The topological polar surface area (TPSA) is 49.8 Å². The first-order valence-corrected chi connectivity index (χ1v) is 8.49. The lowest BCUT2D eigenvalue weighted by Crippen LogP contribution is -2.49. The first kappa shape index (κ1) is 15.4. The Hall–Kier alpha value is -2.17. The van der Waals surface area contributed by atoms with Gasteiger partial charge in [0.05, 0.1) is 0 Å². The van der Waals surface area contributed by atoms with Crippen molar-refractivity contribution in [1.82, 2.24) is 0 Å². The lowest BCUT2D eigenvalue weighted by atomic mass is 9.76. The monoisotopic (exact) mass is 323 g/mol. The average molecular weight is 323 g/mol. The Bertz CT molecular complexity index is 733. The van der Waals surface area contributed by atoms with Crippen molar-refractivity contribution in [3.05, 3.63) is 66.2 Å². The van der Waals surface area contributed by atoms with Crippen molar-refractivity contribution in [1.29, 1.82) is 0 Å². The van der Waals surface area contributed by atoms with Gasteiger partial charge in [-0.25, -0.2) is 0 Å². The molecular weight excluding hydrogens is 302 g/mol. The van der Waals surface area contributed by atoms with Crippen LogP contribution in [0.25, 0.3) is 0 Å². The summed E-state index contributed by atoms with van der Waals surface area (Å²) >= 11 is 0. The van der Waals surface area contributed by atoms with Crippen LogP contribution >= 0.6 is 0 Å². The largest absolute Gasteiger partial charge is 0.358 e. The zero-order valence-corrected chi connectivity index (χ0v) is 13.6. The minimum atomic E-state index is -1.74. The number of carbonyl (C=O) groups is 1. The first-order valence-electron chi connectivity index (χ1n) is 8.49. The van der Waals surface area contributed by atoms with Crippen molar-refractivity contribution in [2.45, 2.75) is 37.7 Å². The van der Waals surface area contributed by atoms with Crippen LogP contribution in [0.4, 0.5) is 5.69 Å². The number of para-hydroxylation sites is 1. The SMILES string of the molecule is CC[C@H]1[C@H](c2ccccc2)C[C@@H]2O[C@@]1(O)C(=O)N2c1ccccc1. The number of amides is 1. The summed E-state index contributed by atoms with van der Waals surface area (Å²) < 4.78 is 5.85. The van der Waals surface area contributed by atoms with Gasteiger partial charge in [0.25, 0.3) is 11.7 Å². The molecule has 0 saturated carbocycles. The molecule has 2 heterocycles. The second-order valence-corrected chi connectivity index (χ2v) is 6.55. The van der Waals surface area contributed by atoms with E-state index in [1.54, 1.807) is 4.90 Å². The summed E-state index contributed by atoms with van der Waals surface area (Å²) in [6, 6.07) is 19.6. The third-order valence-electron chi connectivity index (χ3n) is 5.27. The maximum atomic E-state index is 13.0. The van der Waals surface area contributed by atoms with Crippen molar-refractivity contribution in [3.63, 3.8) is 0 Å². The van der Waals surface area contributed by atoms with Crippen molar-refractivity contribution < 1.29 is 14.6 Å². The maximum Gasteiger partial charge on any atom is 0.289 e. The minimum Gasteiger partial charge on any atom is -0.358 e. The molecule has 1 amide bonds. The van der Waals surface area contributed by atoms with Crippen molar-refractivity contribution in [3.8, 4) is 0 Å². The summed E-state index contributed by atoms with van der Waals surface area (Å²) in [4.78, 5) is 14.6. The van der Waals surface area contributed by atoms with E-state index in [9.17, 15) is 9.90 Å². The molecule has 2 aromatic carbocycles. The molecule has 2 bridgehead atoms. The van der Waals surface area contributed by atoms with E-state index in [4.69, 9.17) is 4.74 Å². The summed E-state index contributed by atoms with van der Waals surface area (Å²) in [6.45, 7) is 2.00. The van der Waals surface area contributed by atoms with E-state index in [1.807, 2.05) is 55.5 Å². The molecule has 0 aromatic heterocycles. The van der Waals surface area contributed by atoms with Crippen molar-refractivity contribution >= 4 is 11.6 Å². The van der Waals surface area contributed by atoms with Crippen LogP contribution in [-0.2, 0) is 9.53 Å². The number of hydrogen-bond donors (Lipinski definition) is 1. The van der Waals surface area contributed by atoms with Crippen LogP contribution in [-0.4, -0.2) is 23.0 Å². The summed E-state index contributed by atoms with van der Waals surface area (Å²) in [5.41, 5.74) is 1.92. The van der Waals surface area contributed by atoms with Gasteiger partial charge in [0, 0.05) is 18.0 Å². The predicted molar refractivity (Wildman–Crippen MR) is 91.3 cm³/mol. The molecule has 4 nitrogen and oxygen atoms in total. The molecule has 1 N–H and O–H groups in total. The molecule has 2 aliphatic rings. The lowest BCUT2D eigenvalue weighted by Gasteiger charge is -2.39. The molecule has 124 valence electrons. The number of ether oxygens (including phenoxy) is 1. The Morgan fingerprint density at radius 3 is 2.38 bits per heavy atom. The minimum absolute atomic E-state index is 0.0950. The number of carbonyl (C=O) groups excluding carboxylic acids is 1. The first-order chi connectivity index (χ1) is 11.6. The van der Waals surface area contributed by atoms with Gasteiger partial charge in [-0.3, -0.25) is 9.69 Å². The molecule has 0 aliphatic carbocycles. The maximum absolute atomic E-state index is 13.0. The summed E-state index contributed by atoms with van der Waals surface area (Å²) in [5.74, 6) is -2.24. The summed E-state index contributed by atoms with van der Waals surface area (Å²) in [5, 5.41) is 11.1.